The summed E-state index contributed by atoms with van der Waals surface area (Å²) in [5, 5.41) is 10.2. The van der Waals surface area contributed by atoms with Crippen LogP contribution in [0.5, 0.6) is 5.75 Å². The molecule has 0 aliphatic rings. The highest BCUT2D eigenvalue weighted by molar-refractivity contribution is 8.00. The molecule has 226 valence electrons. The predicted molar refractivity (Wildman–Crippen MR) is 182 cm³/mol. The third-order valence-electron chi connectivity index (χ3n) is 6.86. The first-order chi connectivity index (χ1) is 21.9. The molecule has 0 spiro atoms. The van der Waals surface area contributed by atoms with Crippen molar-refractivity contribution in [3.8, 4) is 5.75 Å². The second kappa shape index (κ2) is 14.9. The molecule has 0 saturated heterocycles. The lowest BCUT2D eigenvalue weighted by molar-refractivity contribution is -0.115. The smallest absolute Gasteiger partial charge is 0.272 e. The number of rotatable bonds is 11. The van der Waals surface area contributed by atoms with Gasteiger partial charge < -0.3 is 20.7 Å². The summed E-state index contributed by atoms with van der Waals surface area (Å²) < 4.78 is 5.46. The van der Waals surface area contributed by atoms with E-state index in [1.54, 1.807) is 54.6 Å². The normalized spacial score (nSPS) is 11.8. The number of amides is 3. The van der Waals surface area contributed by atoms with Gasteiger partial charge in [0.15, 0.2) is 0 Å². The van der Waals surface area contributed by atoms with E-state index in [1.807, 2.05) is 86.6 Å². The molecule has 8 heteroatoms. The average Bonchev–Trinajstić information content (AvgIpc) is 3.06. The van der Waals surface area contributed by atoms with Gasteiger partial charge in [-0.05, 0) is 90.9 Å². The standard InChI is InChI=1S/C37H33N3O4S/c1-3-44-31-21-19-29(20-22-31)38-35(41)25(2)45-32-17-10-16-30(24-32)39-37(43)34(40-36(42)27-12-5-4-6-13-27)23-28-15-9-14-26-11-7-8-18-33(26)28/h4-25H,3H2,1-2H3,(H,38,41)(H,39,43)(H,40,42)/b34-23+. The van der Waals surface area contributed by atoms with Crippen LogP contribution >= 0.6 is 11.8 Å². The molecular weight excluding hydrogens is 582 g/mol. The van der Waals surface area contributed by atoms with E-state index in [9.17, 15) is 14.4 Å². The fourth-order valence-electron chi connectivity index (χ4n) is 4.62. The highest BCUT2D eigenvalue weighted by atomic mass is 32.2. The van der Waals surface area contributed by atoms with Crippen molar-refractivity contribution in [2.75, 3.05) is 17.2 Å². The van der Waals surface area contributed by atoms with Crippen LogP contribution in [0.4, 0.5) is 11.4 Å². The van der Waals surface area contributed by atoms with Crippen molar-refractivity contribution >= 4 is 57.7 Å². The molecule has 7 nitrogen and oxygen atoms in total. The maximum absolute atomic E-state index is 13.7. The van der Waals surface area contributed by atoms with Gasteiger partial charge >= 0.3 is 0 Å². The fourth-order valence-corrected chi connectivity index (χ4v) is 5.55. The Labute approximate surface area is 266 Å². The van der Waals surface area contributed by atoms with Crippen LogP contribution in [-0.4, -0.2) is 29.6 Å². The maximum atomic E-state index is 13.7. The van der Waals surface area contributed by atoms with E-state index in [1.165, 1.54) is 11.8 Å². The molecule has 0 bridgehead atoms. The summed E-state index contributed by atoms with van der Waals surface area (Å²) in [5.41, 5.74) is 2.54. The van der Waals surface area contributed by atoms with Gasteiger partial charge in [-0.3, -0.25) is 14.4 Å². The van der Waals surface area contributed by atoms with E-state index < -0.39 is 17.1 Å². The maximum Gasteiger partial charge on any atom is 0.272 e. The Morgan fingerprint density at radius 1 is 0.778 bits per heavy atom. The minimum Gasteiger partial charge on any atom is -0.494 e. The molecule has 0 aromatic heterocycles. The zero-order valence-electron chi connectivity index (χ0n) is 25.0. The summed E-state index contributed by atoms with van der Waals surface area (Å²) >= 11 is 1.37. The van der Waals surface area contributed by atoms with Crippen LogP contribution in [0, 0.1) is 0 Å². The molecule has 1 atom stereocenters. The first kappa shape index (κ1) is 31.1. The van der Waals surface area contributed by atoms with E-state index in [2.05, 4.69) is 16.0 Å². The second-order valence-electron chi connectivity index (χ2n) is 10.1. The van der Waals surface area contributed by atoms with Gasteiger partial charge in [0.05, 0.1) is 11.9 Å². The lowest BCUT2D eigenvalue weighted by Gasteiger charge is -2.14. The zero-order chi connectivity index (χ0) is 31.6. The molecule has 0 saturated carbocycles. The first-order valence-corrected chi connectivity index (χ1v) is 15.4. The lowest BCUT2D eigenvalue weighted by Crippen LogP contribution is -2.30. The molecular formula is C37H33N3O4S. The predicted octanol–water partition coefficient (Wildman–Crippen LogP) is 7.77. The highest BCUT2D eigenvalue weighted by Gasteiger charge is 2.18. The molecule has 0 heterocycles. The van der Waals surface area contributed by atoms with Crippen LogP contribution in [0.3, 0.4) is 0 Å². The topological polar surface area (TPSA) is 96.5 Å². The summed E-state index contributed by atoms with van der Waals surface area (Å²) in [6.07, 6.45) is 1.68. The van der Waals surface area contributed by atoms with Crippen LogP contribution in [0.1, 0.15) is 29.8 Å². The number of ether oxygens (including phenoxy) is 1. The minimum absolute atomic E-state index is 0.0985. The minimum atomic E-state index is -0.476. The molecule has 45 heavy (non-hydrogen) atoms. The Kier molecular flexibility index (Phi) is 10.3. The highest BCUT2D eigenvalue weighted by Crippen LogP contribution is 2.28. The van der Waals surface area contributed by atoms with Gasteiger partial charge in [-0.1, -0.05) is 66.7 Å². The third kappa shape index (κ3) is 8.40. The van der Waals surface area contributed by atoms with E-state index in [0.717, 1.165) is 27.0 Å². The summed E-state index contributed by atoms with van der Waals surface area (Å²) in [6.45, 7) is 4.31. The number of hydrogen-bond acceptors (Lipinski definition) is 5. The van der Waals surface area contributed by atoms with Gasteiger partial charge in [0.1, 0.15) is 11.4 Å². The van der Waals surface area contributed by atoms with Crippen molar-refractivity contribution in [1.82, 2.24) is 5.32 Å². The molecule has 0 aliphatic heterocycles. The van der Waals surface area contributed by atoms with Gasteiger partial charge in [0.25, 0.3) is 11.8 Å². The van der Waals surface area contributed by atoms with E-state index in [4.69, 9.17) is 4.74 Å². The van der Waals surface area contributed by atoms with E-state index >= 15 is 0 Å². The number of benzene rings is 5. The zero-order valence-corrected chi connectivity index (χ0v) is 25.8. The number of carbonyl (C=O) groups excluding carboxylic acids is 3. The largest absolute Gasteiger partial charge is 0.494 e. The molecule has 0 radical (unpaired) electrons. The molecule has 1 unspecified atom stereocenters. The van der Waals surface area contributed by atoms with Crippen molar-refractivity contribution in [2.45, 2.75) is 24.0 Å². The van der Waals surface area contributed by atoms with Crippen LogP contribution < -0.4 is 20.7 Å². The van der Waals surface area contributed by atoms with Crippen LogP contribution in [0.15, 0.2) is 132 Å². The van der Waals surface area contributed by atoms with Crippen molar-refractivity contribution in [3.05, 3.63) is 138 Å². The molecule has 5 aromatic carbocycles. The van der Waals surface area contributed by atoms with Crippen molar-refractivity contribution in [2.24, 2.45) is 0 Å². The average molecular weight is 616 g/mol. The van der Waals surface area contributed by atoms with Crippen molar-refractivity contribution < 1.29 is 19.1 Å². The van der Waals surface area contributed by atoms with Crippen LogP contribution in [0.2, 0.25) is 0 Å². The van der Waals surface area contributed by atoms with Gasteiger partial charge in [-0.2, -0.15) is 0 Å². The van der Waals surface area contributed by atoms with Crippen molar-refractivity contribution in [1.29, 1.82) is 0 Å². The Hall–Kier alpha value is -5.34. The van der Waals surface area contributed by atoms with E-state index in [-0.39, 0.29) is 11.6 Å². The summed E-state index contributed by atoms with van der Waals surface area (Å²) in [4.78, 5) is 40.4. The monoisotopic (exact) mass is 615 g/mol. The Morgan fingerprint density at radius 2 is 1.49 bits per heavy atom. The first-order valence-electron chi connectivity index (χ1n) is 14.6. The van der Waals surface area contributed by atoms with Crippen LogP contribution in [-0.2, 0) is 9.59 Å². The molecule has 0 fully saturated rings. The van der Waals surface area contributed by atoms with Gasteiger partial charge in [-0.15, -0.1) is 11.8 Å². The molecule has 5 aromatic rings. The summed E-state index contributed by atoms with van der Waals surface area (Å²) in [7, 11) is 0. The molecule has 3 amide bonds. The number of thioether (sulfide) groups is 1. The second-order valence-corrected chi connectivity index (χ2v) is 11.5. The molecule has 3 N–H and O–H groups in total. The summed E-state index contributed by atoms with van der Waals surface area (Å²) in [5.74, 6) is -0.279. The quantitative estimate of drug-likeness (QED) is 0.104. The van der Waals surface area contributed by atoms with Crippen molar-refractivity contribution in [3.63, 3.8) is 0 Å². The van der Waals surface area contributed by atoms with Gasteiger partial charge in [0.2, 0.25) is 5.91 Å². The number of fused-ring (bicyclic) bond motifs is 1. The number of hydrogen-bond donors (Lipinski definition) is 3. The Bertz CT molecular complexity index is 1830. The van der Waals surface area contributed by atoms with Crippen LogP contribution in [0.25, 0.3) is 16.8 Å². The Balaban J connectivity index is 1.32. The van der Waals surface area contributed by atoms with Gasteiger partial charge in [0, 0.05) is 21.8 Å². The van der Waals surface area contributed by atoms with Gasteiger partial charge in [-0.25, -0.2) is 0 Å². The fraction of sp³-hybridized carbons (Fsp3) is 0.108. The van der Waals surface area contributed by atoms with E-state index in [0.29, 0.717) is 23.5 Å². The number of nitrogens with one attached hydrogen (secondary N) is 3. The lowest BCUT2D eigenvalue weighted by atomic mass is 10.0. The number of carbonyl (C=O) groups is 3. The molecule has 0 aliphatic carbocycles. The Morgan fingerprint density at radius 3 is 2.27 bits per heavy atom. The third-order valence-corrected chi connectivity index (χ3v) is 7.95. The number of anilines is 2. The molecule has 5 rings (SSSR count). The summed E-state index contributed by atoms with van der Waals surface area (Å²) in [6, 6.07) is 36.9. The SMILES string of the molecule is CCOc1ccc(NC(=O)C(C)Sc2cccc(NC(=O)/C(=C\c3cccc4ccccc34)NC(=O)c3ccccc3)c2)cc1.